The Bertz CT molecular complexity index is 597. The highest BCUT2D eigenvalue weighted by molar-refractivity contribution is 5.89. The van der Waals surface area contributed by atoms with Crippen molar-refractivity contribution in [3.05, 3.63) is 36.7 Å². The molecular formula is C14H15N5O. The van der Waals surface area contributed by atoms with Crippen molar-refractivity contribution in [2.75, 3.05) is 5.32 Å². The average Bonchev–Trinajstić information content (AvgIpc) is 2.93. The van der Waals surface area contributed by atoms with E-state index in [0.29, 0.717) is 12.1 Å². The number of amides is 2. The Morgan fingerprint density at radius 1 is 1.35 bits per heavy atom. The molecule has 2 aromatic rings. The average molecular weight is 269 g/mol. The van der Waals surface area contributed by atoms with Crippen LogP contribution in [0.15, 0.2) is 36.7 Å². The predicted octanol–water partition coefficient (Wildman–Crippen LogP) is 1.80. The minimum absolute atomic E-state index is 0.0625. The zero-order valence-electron chi connectivity index (χ0n) is 11.1. The van der Waals surface area contributed by atoms with Gasteiger partial charge in [-0.15, -0.1) is 12.3 Å². The third-order valence-electron chi connectivity index (χ3n) is 2.58. The van der Waals surface area contributed by atoms with Crippen molar-refractivity contribution in [2.45, 2.75) is 19.4 Å². The van der Waals surface area contributed by atoms with E-state index in [1.807, 2.05) is 19.1 Å². The number of nitrogens with zero attached hydrogens (tertiary/aromatic N) is 3. The van der Waals surface area contributed by atoms with Crippen LogP contribution in [0.25, 0.3) is 5.69 Å². The second-order valence-corrected chi connectivity index (χ2v) is 4.27. The monoisotopic (exact) mass is 269 g/mol. The molecule has 0 aliphatic rings. The van der Waals surface area contributed by atoms with Crippen molar-refractivity contribution in [1.82, 2.24) is 20.3 Å². The normalized spacial score (nSPS) is 11.4. The van der Waals surface area contributed by atoms with E-state index < -0.39 is 0 Å². The second kappa shape index (κ2) is 6.38. The molecule has 0 aliphatic carbocycles. The SMILES string of the molecule is C#CCC(C)NC(=O)Nc1ccc(-n2nccn2)cc1. The van der Waals surface area contributed by atoms with Crippen LogP contribution in [0.2, 0.25) is 0 Å². The molecule has 0 bridgehead atoms. The fourth-order valence-corrected chi connectivity index (χ4v) is 1.65. The summed E-state index contributed by atoms with van der Waals surface area (Å²) in [7, 11) is 0. The first-order chi connectivity index (χ1) is 9.69. The van der Waals surface area contributed by atoms with Crippen LogP contribution < -0.4 is 10.6 Å². The Morgan fingerprint density at radius 3 is 2.60 bits per heavy atom. The minimum atomic E-state index is -0.280. The highest BCUT2D eigenvalue weighted by Gasteiger charge is 2.06. The Morgan fingerprint density at radius 2 is 2.00 bits per heavy atom. The van der Waals surface area contributed by atoms with Crippen LogP contribution in [-0.2, 0) is 0 Å². The van der Waals surface area contributed by atoms with Gasteiger partial charge in [0, 0.05) is 18.2 Å². The number of benzene rings is 1. The fraction of sp³-hybridized carbons (Fsp3) is 0.214. The van der Waals surface area contributed by atoms with Gasteiger partial charge < -0.3 is 10.6 Å². The third kappa shape index (κ3) is 3.59. The van der Waals surface area contributed by atoms with Gasteiger partial charge in [-0.2, -0.15) is 15.0 Å². The molecule has 2 amide bonds. The number of aromatic nitrogens is 3. The number of hydrogen-bond acceptors (Lipinski definition) is 3. The molecule has 102 valence electrons. The molecule has 6 heteroatoms. The van der Waals surface area contributed by atoms with E-state index >= 15 is 0 Å². The molecule has 0 aliphatic heterocycles. The summed E-state index contributed by atoms with van der Waals surface area (Å²) in [6, 6.07) is 6.86. The molecule has 0 fully saturated rings. The lowest BCUT2D eigenvalue weighted by Gasteiger charge is -2.12. The lowest BCUT2D eigenvalue weighted by atomic mass is 10.2. The molecule has 0 saturated carbocycles. The van der Waals surface area contributed by atoms with Gasteiger partial charge in [-0.25, -0.2) is 4.79 Å². The Kier molecular flexibility index (Phi) is 4.35. The van der Waals surface area contributed by atoms with Crippen LogP contribution in [0.3, 0.4) is 0 Å². The topological polar surface area (TPSA) is 71.8 Å². The summed E-state index contributed by atoms with van der Waals surface area (Å²) in [6.07, 6.45) is 8.89. The van der Waals surface area contributed by atoms with Crippen LogP contribution in [0.5, 0.6) is 0 Å². The summed E-state index contributed by atoms with van der Waals surface area (Å²) in [5, 5.41) is 13.5. The maximum absolute atomic E-state index is 11.7. The molecule has 1 aromatic carbocycles. The van der Waals surface area contributed by atoms with Gasteiger partial charge in [-0.3, -0.25) is 0 Å². The standard InChI is InChI=1S/C14H15N5O/c1-3-4-11(2)17-14(20)18-12-5-7-13(8-6-12)19-15-9-10-16-19/h1,5-11H,4H2,2H3,(H2,17,18,20). The first-order valence-corrected chi connectivity index (χ1v) is 6.17. The van der Waals surface area contributed by atoms with Gasteiger partial charge in [-0.05, 0) is 31.2 Å². The van der Waals surface area contributed by atoms with Gasteiger partial charge in [0.15, 0.2) is 0 Å². The highest BCUT2D eigenvalue weighted by Crippen LogP contribution is 2.11. The number of carbonyl (C=O) groups excluding carboxylic acids is 1. The van der Waals surface area contributed by atoms with Gasteiger partial charge in [-0.1, -0.05) is 0 Å². The molecule has 2 rings (SSSR count). The number of rotatable bonds is 4. The van der Waals surface area contributed by atoms with Crippen molar-refractivity contribution in [3.8, 4) is 18.0 Å². The summed E-state index contributed by atoms with van der Waals surface area (Å²) in [4.78, 5) is 13.2. The summed E-state index contributed by atoms with van der Waals surface area (Å²) in [5.74, 6) is 2.50. The first-order valence-electron chi connectivity index (χ1n) is 6.17. The predicted molar refractivity (Wildman–Crippen MR) is 76.4 cm³/mol. The van der Waals surface area contributed by atoms with E-state index in [4.69, 9.17) is 6.42 Å². The van der Waals surface area contributed by atoms with Crippen LogP contribution in [0.1, 0.15) is 13.3 Å². The molecule has 0 radical (unpaired) electrons. The van der Waals surface area contributed by atoms with E-state index in [9.17, 15) is 4.79 Å². The zero-order valence-corrected chi connectivity index (χ0v) is 11.1. The van der Waals surface area contributed by atoms with Gasteiger partial charge in [0.2, 0.25) is 0 Å². The highest BCUT2D eigenvalue weighted by atomic mass is 16.2. The molecular weight excluding hydrogens is 254 g/mol. The van der Waals surface area contributed by atoms with E-state index in [2.05, 4.69) is 26.8 Å². The molecule has 6 nitrogen and oxygen atoms in total. The molecule has 1 unspecified atom stereocenters. The lowest BCUT2D eigenvalue weighted by molar-refractivity contribution is 0.249. The molecule has 1 atom stereocenters. The van der Waals surface area contributed by atoms with Gasteiger partial charge >= 0.3 is 6.03 Å². The molecule has 20 heavy (non-hydrogen) atoms. The Hall–Kier alpha value is -2.81. The zero-order chi connectivity index (χ0) is 14.4. The molecule has 0 saturated heterocycles. The first kappa shape index (κ1) is 13.6. The number of nitrogens with one attached hydrogen (secondary N) is 2. The van der Waals surface area contributed by atoms with Crippen LogP contribution >= 0.6 is 0 Å². The number of terminal acetylenes is 1. The molecule has 1 aromatic heterocycles. The van der Waals surface area contributed by atoms with Crippen molar-refractivity contribution < 1.29 is 4.79 Å². The Labute approximate surface area is 117 Å². The van der Waals surface area contributed by atoms with E-state index in [-0.39, 0.29) is 12.1 Å². The van der Waals surface area contributed by atoms with E-state index in [1.54, 1.807) is 24.5 Å². The summed E-state index contributed by atoms with van der Waals surface area (Å²) in [5.41, 5.74) is 1.51. The smallest absolute Gasteiger partial charge is 0.319 e. The number of anilines is 1. The second-order valence-electron chi connectivity index (χ2n) is 4.27. The summed E-state index contributed by atoms with van der Waals surface area (Å²) < 4.78 is 0. The van der Waals surface area contributed by atoms with E-state index in [0.717, 1.165) is 5.69 Å². The van der Waals surface area contributed by atoms with Crippen molar-refractivity contribution in [3.63, 3.8) is 0 Å². The molecule has 1 heterocycles. The maximum atomic E-state index is 11.7. The summed E-state index contributed by atoms with van der Waals surface area (Å²) in [6.45, 7) is 1.85. The molecule has 2 N–H and O–H groups in total. The fourth-order valence-electron chi connectivity index (χ4n) is 1.65. The molecule has 0 spiro atoms. The van der Waals surface area contributed by atoms with Crippen molar-refractivity contribution in [1.29, 1.82) is 0 Å². The van der Waals surface area contributed by atoms with Crippen LogP contribution in [0, 0.1) is 12.3 Å². The largest absolute Gasteiger partial charge is 0.334 e. The van der Waals surface area contributed by atoms with E-state index in [1.165, 1.54) is 4.80 Å². The van der Waals surface area contributed by atoms with Crippen molar-refractivity contribution in [2.24, 2.45) is 0 Å². The van der Waals surface area contributed by atoms with Gasteiger partial charge in [0.1, 0.15) is 0 Å². The van der Waals surface area contributed by atoms with Gasteiger partial charge in [0.25, 0.3) is 0 Å². The maximum Gasteiger partial charge on any atom is 0.319 e. The van der Waals surface area contributed by atoms with Gasteiger partial charge in [0.05, 0.1) is 18.1 Å². The minimum Gasteiger partial charge on any atom is -0.334 e. The third-order valence-corrected chi connectivity index (χ3v) is 2.58. The number of hydrogen-bond donors (Lipinski definition) is 2. The van der Waals surface area contributed by atoms with Crippen LogP contribution in [-0.4, -0.2) is 27.1 Å². The lowest BCUT2D eigenvalue weighted by Crippen LogP contribution is -2.35. The van der Waals surface area contributed by atoms with Crippen molar-refractivity contribution >= 4 is 11.7 Å². The van der Waals surface area contributed by atoms with Crippen LogP contribution in [0.4, 0.5) is 10.5 Å². The number of urea groups is 1. The summed E-state index contributed by atoms with van der Waals surface area (Å²) >= 11 is 0. The number of carbonyl (C=O) groups is 1. The Balaban J connectivity index is 1.94. The quantitative estimate of drug-likeness (QED) is 0.831.